The van der Waals surface area contributed by atoms with Crippen molar-refractivity contribution < 1.29 is 9.84 Å². The molecule has 1 heterocycles. The topological polar surface area (TPSA) is 44.7 Å². The third-order valence-corrected chi connectivity index (χ3v) is 3.53. The van der Waals surface area contributed by atoms with E-state index in [1.807, 2.05) is 0 Å². The van der Waals surface area contributed by atoms with Crippen LogP contribution in [0.25, 0.3) is 0 Å². The van der Waals surface area contributed by atoms with E-state index < -0.39 is 0 Å². The van der Waals surface area contributed by atoms with Crippen LogP contribution in [0.4, 0.5) is 0 Å². The monoisotopic (exact) mass is 244 g/mol. The van der Waals surface area contributed by atoms with Gasteiger partial charge in [0.1, 0.15) is 0 Å². The van der Waals surface area contributed by atoms with Crippen molar-refractivity contribution in [1.82, 2.24) is 10.2 Å². The van der Waals surface area contributed by atoms with Crippen molar-refractivity contribution in [2.45, 2.75) is 44.8 Å². The molecule has 0 aliphatic carbocycles. The van der Waals surface area contributed by atoms with Gasteiger partial charge in [0.05, 0.1) is 12.7 Å². The molecule has 1 aliphatic heterocycles. The predicted molar refractivity (Wildman–Crippen MR) is 70.3 cm³/mol. The summed E-state index contributed by atoms with van der Waals surface area (Å²) in [7, 11) is 1.69. The van der Waals surface area contributed by atoms with E-state index in [4.69, 9.17) is 4.74 Å². The minimum absolute atomic E-state index is 0.265. The fraction of sp³-hybridized carbons (Fsp3) is 1.00. The zero-order chi connectivity index (χ0) is 12.5. The van der Waals surface area contributed by atoms with Crippen LogP contribution < -0.4 is 5.32 Å². The Morgan fingerprint density at radius 1 is 1.47 bits per heavy atom. The lowest BCUT2D eigenvalue weighted by atomic mass is 9.99. The summed E-state index contributed by atoms with van der Waals surface area (Å²) < 4.78 is 4.95. The SMILES string of the molecule is CCC1CCCCN1CC(O)CNCCOC. The molecule has 2 unspecified atom stereocenters. The molecule has 102 valence electrons. The molecule has 2 N–H and O–H groups in total. The van der Waals surface area contributed by atoms with E-state index in [2.05, 4.69) is 17.1 Å². The third kappa shape index (κ3) is 5.82. The first-order valence-electron chi connectivity index (χ1n) is 6.89. The molecule has 17 heavy (non-hydrogen) atoms. The number of hydrogen-bond donors (Lipinski definition) is 2. The van der Waals surface area contributed by atoms with Gasteiger partial charge in [0.25, 0.3) is 0 Å². The fourth-order valence-electron chi connectivity index (χ4n) is 2.54. The number of hydrogen-bond acceptors (Lipinski definition) is 4. The number of methoxy groups -OCH3 is 1. The van der Waals surface area contributed by atoms with E-state index in [9.17, 15) is 5.11 Å². The summed E-state index contributed by atoms with van der Waals surface area (Å²) in [6.45, 7) is 6.37. The van der Waals surface area contributed by atoms with Gasteiger partial charge in [-0.1, -0.05) is 13.3 Å². The van der Waals surface area contributed by atoms with Gasteiger partial charge in [-0.05, 0) is 25.8 Å². The number of β-amino-alcohol motifs (C(OH)–C–C–N with tert-alkyl or cyclic N) is 1. The summed E-state index contributed by atoms with van der Waals surface area (Å²) in [5, 5.41) is 13.2. The maximum Gasteiger partial charge on any atom is 0.0791 e. The van der Waals surface area contributed by atoms with E-state index in [-0.39, 0.29) is 6.10 Å². The molecule has 0 aromatic rings. The first-order chi connectivity index (χ1) is 8.27. The highest BCUT2D eigenvalue weighted by molar-refractivity contribution is 4.78. The maximum atomic E-state index is 9.97. The van der Waals surface area contributed by atoms with E-state index in [0.717, 1.165) is 19.6 Å². The molecule has 1 saturated heterocycles. The van der Waals surface area contributed by atoms with Crippen molar-refractivity contribution in [3.8, 4) is 0 Å². The van der Waals surface area contributed by atoms with Crippen molar-refractivity contribution in [2.24, 2.45) is 0 Å². The molecular weight excluding hydrogens is 216 g/mol. The summed E-state index contributed by atoms with van der Waals surface area (Å²) >= 11 is 0. The van der Waals surface area contributed by atoms with Crippen molar-refractivity contribution in [2.75, 3.05) is 39.9 Å². The standard InChI is InChI=1S/C13H28N2O2/c1-3-12-6-4-5-8-15(12)11-13(16)10-14-7-9-17-2/h12-14,16H,3-11H2,1-2H3. The largest absolute Gasteiger partial charge is 0.390 e. The molecule has 0 radical (unpaired) electrons. The number of rotatable bonds is 8. The Kier molecular flexibility index (Phi) is 7.77. The second-order valence-corrected chi connectivity index (χ2v) is 4.90. The molecule has 1 fully saturated rings. The van der Waals surface area contributed by atoms with Crippen LogP contribution in [-0.4, -0.2) is 62.0 Å². The Bertz CT molecular complexity index is 190. The molecule has 0 aromatic carbocycles. The summed E-state index contributed by atoms with van der Waals surface area (Å²) in [5.74, 6) is 0. The first-order valence-corrected chi connectivity index (χ1v) is 6.89. The molecule has 0 aromatic heterocycles. The van der Waals surface area contributed by atoms with Crippen molar-refractivity contribution in [3.63, 3.8) is 0 Å². The lowest BCUT2D eigenvalue weighted by Crippen LogP contribution is -2.46. The first kappa shape index (κ1) is 14.9. The quantitative estimate of drug-likeness (QED) is 0.621. The average Bonchev–Trinajstić information content (AvgIpc) is 2.35. The van der Waals surface area contributed by atoms with Crippen molar-refractivity contribution in [1.29, 1.82) is 0 Å². The van der Waals surface area contributed by atoms with Crippen molar-refractivity contribution >= 4 is 0 Å². The molecule has 4 nitrogen and oxygen atoms in total. The van der Waals surface area contributed by atoms with Gasteiger partial charge in [-0.2, -0.15) is 0 Å². The number of nitrogens with zero attached hydrogens (tertiary/aromatic N) is 1. The van der Waals surface area contributed by atoms with Crippen LogP contribution in [-0.2, 0) is 4.74 Å². The van der Waals surface area contributed by atoms with E-state index in [0.29, 0.717) is 19.2 Å². The highest BCUT2D eigenvalue weighted by Gasteiger charge is 2.22. The number of piperidine rings is 1. The van der Waals surface area contributed by atoms with Crippen molar-refractivity contribution in [3.05, 3.63) is 0 Å². The highest BCUT2D eigenvalue weighted by atomic mass is 16.5. The van der Waals surface area contributed by atoms with Gasteiger partial charge in [0.2, 0.25) is 0 Å². The lowest BCUT2D eigenvalue weighted by Gasteiger charge is -2.36. The van der Waals surface area contributed by atoms with Crippen LogP contribution in [0.15, 0.2) is 0 Å². The molecule has 0 saturated carbocycles. The predicted octanol–water partition coefficient (Wildman–Crippen LogP) is 0.848. The number of nitrogens with one attached hydrogen (secondary N) is 1. The lowest BCUT2D eigenvalue weighted by molar-refractivity contribution is 0.0647. The van der Waals surface area contributed by atoms with Gasteiger partial charge >= 0.3 is 0 Å². The Balaban J connectivity index is 2.16. The Morgan fingerprint density at radius 2 is 2.29 bits per heavy atom. The zero-order valence-corrected chi connectivity index (χ0v) is 11.3. The van der Waals surface area contributed by atoms with Gasteiger partial charge in [-0.15, -0.1) is 0 Å². The fourth-order valence-corrected chi connectivity index (χ4v) is 2.54. The third-order valence-electron chi connectivity index (χ3n) is 3.53. The van der Waals surface area contributed by atoms with Gasteiger partial charge in [-0.3, -0.25) is 4.90 Å². The molecule has 4 heteroatoms. The molecule has 0 bridgehead atoms. The normalized spacial score (nSPS) is 23.8. The number of aliphatic hydroxyl groups is 1. The van der Waals surface area contributed by atoms with Gasteiger partial charge in [0.15, 0.2) is 0 Å². The minimum atomic E-state index is -0.265. The molecule has 0 spiro atoms. The minimum Gasteiger partial charge on any atom is -0.390 e. The Labute approximate surface area is 105 Å². The number of likely N-dealkylation sites (tertiary alicyclic amines) is 1. The summed E-state index contributed by atoms with van der Waals surface area (Å²) in [6.07, 6.45) is 4.85. The van der Waals surface area contributed by atoms with Crippen LogP contribution in [0.1, 0.15) is 32.6 Å². The van der Waals surface area contributed by atoms with E-state index in [1.165, 1.54) is 25.7 Å². The van der Waals surface area contributed by atoms with E-state index >= 15 is 0 Å². The van der Waals surface area contributed by atoms with Crippen LogP contribution in [0.2, 0.25) is 0 Å². The van der Waals surface area contributed by atoms with E-state index in [1.54, 1.807) is 7.11 Å². The second kappa shape index (κ2) is 8.86. The average molecular weight is 244 g/mol. The maximum absolute atomic E-state index is 9.97. The van der Waals surface area contributed by atoms with Crippen LogP contribution in [0.3, 0.4) is 0 Å². The van der Waals surface area contributed by atoms with Crippen LogP contribution >= 0.6 is 0 Å². The summed E-state index contributed by atoms with van der Waals surface area (Å²) in [5.41, 5.74) is 0. The Morgan fingerprint density at radius 3 is 3.00 bits per heavy atom. The molecule has 1 aliphatic rings. The summed E-state index contributed by atoms with van der Waals surface area (Å²) in [6, 6.07) is 0.678. The summed E-state index contributed by atoms with van der Waals surface area (Å²) in [4.78, 5) is 2.45. The van der Waals surface area contributed by atoms with Gasteiger partial charge < -0.3 is 15.2 Å². The van der Waals surface area contributed by atoms with Crippen LogP contribution in [0, 0.1) is 0 Å². The highest BCUT2D eigenvalue weighted by Crippen LogP contribution is 2.19. The van der Waals surface area contributed by atoms with Gasteiger partial charge in [0, 0.05) is 32.8 Å². The smallest absolute Gasteiger partial charge is 0.0791 e. The second-order valence-electron chi connectivity index (χ2n) is 4.90. The zero-order valence-electron chi connectivity index (χ0n) is 11.3. The van der Waals surface area contributed by atoms with Crippen LogP contribution in [0.5, 0.6) is 0 Å². The molecular formula is C13H28N2O2. The number of ether oxygens (including phenoxy) is 1. The van der Waals surface area contributed by atoms with Gasteiger partial charge in [-0.25, -0.2) is 0 Å². The molecule has 0 amide bonds. The Hall–Kier alpha value is -0.160. The number of aliphatic hydroxyl groups excluding tert-OH is 1. The molecule has 2 atom stereocenters. The molecule has 1 rings (SSSR count).